The van der Waals surface area contributed by atoms with Crippen molar-refractivity contribution in [3.05, 3.63) is 45.1 Å². The van der Waals surface area contributed by atoms with Crippen molar-refractivity contribution in [1.29, 1.82) is 0 Å². The standard InChI is InChI=1S/C13H12BrClN2O4S/c1-7-5-10(12(16-7)13(18)21-2)17-22(19,20)11-4-3-8(14)6-9(11)15/h3-6,16-17H,1-2H3. The molecule has 1 heterocycles. The highest BCUT2D eigenvalue weighted by molar-refractivity contribution is 9.10. The summed E-state index contributed by atoms with van der Waals surface area (Å²) in [5, 5.41) is 0.0637. The predicted octanol–water partition coefficient (Wildman–Crippen LogP) is 3.33. The number of nitrogens with one attached hydrogen (secondary N) is 2. The lowest BCUT2D eigenvalue weighted by Gasteiger charge is -2.09. The monoisotopic (exact) mass is 406 g/mol. The highest BCUT2D eigenvalue weighted by Crippen LogP contribution is 2.28. The molecule has 0 bridgehead atoms. The highest BCUT2D eigenvalue weighted by Gasteiger charge is 2.23. The fourth-order valence-electron chi connectivity index (χ4n) is 1.83. The van der Waals surface area contributed by atoms with Gasteiger partial charge in [-0.3, -0.25) is 4.72 Å². The molecule has 0 saturated heterocycles. The summed E-state index contributed by atoms with van der Waals surface area (Å²) < 4.78 is 32.5. The van der Waals surface area contributed by atoms with E-state index in [0.29, 0.717) is 10.2 Å². The van der Waals surface area contributed by atoms with Crippen LogP contribution < -0.4 is 4.72 Å². The highest BCUT2D eigenvalue weighted by atomic mass is 79.9. The molecule has 1 aromatic heterocycles. The van der Waals surface area contributed by atoms with Gasteiger partial charge in [0.2, 0.25) is 0 Å². The molecule has 0 aliphatic rings. The molecule has 0 radical (unpaired) electrons. The second-order valence-corrected chi connectivity index (χ2v) is 7.39. The number of halogens is 2. The number of hydrogen-bond donors (Lipinski definition) is 2. The van der Waals surface area contributed by atoms with E-state index in [1.165, 1.54) is 25.3 Å². The Hall–Kier alpha value is -1.51. The third kappa shape index (κ3) is 3.45. The number of aryl methyl sites for hydroxylation is 1. The van der Waals surface area contributed by atoms with Gasteiger partial charge in [0, 0.05) is 10.2 Å². The molecule has 0 spiro atoms. The van der Waals surface area contributed by atoms with Gasteiger partial charge in [-0.1, -0.05) is 27.5 Å². The summed E-state index contributed by atoms with van der Waals surface area (Å²) in [7, 11) is -2.73. The van der Waals surface area contributed by atoms with Crippen molar-refractivity contribution in [3.8, 4) is 0 Å². The minimum absolute atomic E-state index is 0.0248. The maximum absolute atomic E-state index is 12.4. The van der Waals surface area contributed by atoms with Crippen LogP contribution in [0.25, 0.3) is 0 Å². The van der Waals surface area contributed by atoms with Gasteiger partial charge in [0.05, 0.1) is 17.8 Å². The number of benzene rings is 1. The second kappa shape index (κ2) is 6.31. The topological polar surface area (TPSA) is 88.3 Å². The van der Waals surface area contributed by atoms with Crippen LogP contribution >= 0.6 is 27.5 Å². The third-order valence-corrected chi connectivity index (χ3v) is 5.11. The molecule has 2 aromatic rings. The van der Waals surface area contributed by atoms with Gasteiger partial charge >= 0.3 is 5.97 Å². The number of rotatable bonds is 4. The number of esters is 1. The zero-order chi connectivity index (χ0) is 16.5. The molecular formula is C13H12BrClN2O4S. The van der Waals surface area contributed by atoms with E-state index in [0.717, 1.165) is 0 Å². The lowest BCUT2D eigenvalue weighted by molar-refractivity contribution is 0.0596. The zero-order valence-electron chi connectivity index (χ0n) is 11.6. The molecule has 0 saturated carbocycles. The number of carbonyl (C=O) groups excluding carboxylic acids is 1. The molecule has 2 rings (SSSR count). The molecule has 6 nitrogen and oxygen atoms in total. The van der Waals surface area contributed by atoms with Gasteiger partial charge in [0.25, 0.3) is 10.0 Å². The van der Waals surface area contributed by atoms with Gasteiger partial charge in [0.1, 0.15) is 10.6 Å². The molecule has 0 unspecified atom stereocenters. The smallest absolute Gasteiger partial charge is 0.356 e. The number of sulfonamides is 1. The van der Waals surface area contributed by atoms with Gasteiger partial charge in [0.15, 0.2) is 0 Å². The van der Waals surface area contributed by atoms with Crippen molar-refractivity contribution in [1.82, 2.24) is 4.98 Å². The summed E-state index contributed by atoms with van der Waals surface area (Å²) in [4.78, 5) is 14.3. The van der Waals surface area contributed by atoms with Crippen molar-refractivity contribution in [2.24, 2.45) is 0 Å². The Bertz CT molecular complexity index is 833. The minimum atomic E-state index is -3.94. The van der Waals surface area contributed by atoms with E-state index >= 15 is 0 Å². The third-order valence-electron chi connectivity index (χ3n) is 2.77. The molecular weight excluding hydrogens is 396 g/mol. The van der Waals surface area contributed by atoms with Gasteiger partial charge in [-0.15, -0.1) is 0 Å². The number of anilines is 1. The summed E-state index contributed by atoms with van der Waals surface area (Å²) in [6.45, 7) is 1.69. The number of aromatic amines is 1. The van der Waals surface area contributed by atoms with E-state index in [-0.39, 0.29) is 21.3 Å². The summed E-state index contributed by atoms with van der Waals surface area (Å²) in [5.41, 5.74) is 0.736. The Kier molecular flexibility index (Phi) is 4.84. The molecule has 0 amide bonds. The molecule has 2 N–H and O–H groups in total. The van der Waals surface area contributed by atoms with Gasteiger partial charge in [-0.2, -0.15) is 0 Å². The fraction of sp³-hybridized carbons (Fsp3) is 0.154. The van der Waals surface area contributed by atoms with Crippen molar-refractivity contribution < 1.29 is 17.9 Å². The minimum Gasteiger partial charge on any atom is -0.464 e. The molecule has 118 valence electrons. The van der Waals surface area contributed by atoms with Crippen molar-refractivity contribution in [3.63, 3.8) is 0 Å². The Balaban J connectivity index is 2.43. The van der Waals surface area contributed by atoms with Crippen LogP contribution in [0.1, 0.15) is 16.2 Å². The van der Waals surface area contributed by atoms with E-state index in [2.05, 4.69) is 30.4 Å². The number of methoxy groups -OCH3 is 1. The van der Waals surface area contributed by atoms with E-state index < -0.39 is 16.0 Å². The summed E-state index contributed by atoms with van der Waals surface area (Å²) in [6.07, 6.45) is 0. The lowest BCUT2D eigenvalue weighted by atomic mass is 10.4. The first kappa shape index (κ1) is 16.9. The summed E-state index contributed by atoms with van der Waals surface area (Å²) in [5.74, 6) is -0.673. The molecule has 1 aromatic carbocycles. The van der Waals surface area contributed by atoms with Crippen LogP contribution in [0.15, 0.2) is 33.6 Å². The van der Waals surface area contributed by atoms with Gasteiger partial charge in [-0.25, -0.2) is 13.2 Å². The van der Waals surface area contributed by atoms with Crippen molar-refractivity contribution in [2.75, 3.05) is 11.8 Å². The Morgan fingerprint density at radius 2 is 2.05 bits per heavy atom. The van der Waals surface area contributed by atoms with Gasteiger partial charge in [-0.05, 0) is 31.2 Å². The Labute approximate surface area is 141 Å². The molecule has 22 heavy (non-hydrogen) atoms. The van der Waals surface area contributed by atoms with Gasteiger partial charge < -0.3 is 9.72 Å². The Morgan fingerprint density at radius 1 is 1.36 bits per heavy atom. The van der Waals surface area contributed by atoms with Crippen LogP contribution in [0.4, 0.5) is 5.69 Å². The summed E-state index contributed by atoms with van der Waals surface area (Å²) >= 11 is 9.17. The molecule has 9 heteroatoms. The molecule has 0 fully saturated rings. The van der Waals surface area contributed by atoms with Crippen LogP contribution in [-0.2, 0) is 14.8 Å². The molecule has 0 aliphatic carbocycles. The maximum atomic E-state index is 12.4. The lowest BCUT2D eigenvalue weighted by Crippen LogP contribution is -2.15. The number of hydrogen-bond acceptors (Lipinski definition) is 4. The Morgan fingerprint density at radius 3 is 2.64 bits per heavy atom. The number of carbonyl (C=O) groups is 1. The van der Waals surface area contributed by atoms with Crippen LogP contribution in [0.2, 0.25) is 5.02 Å². The van der Waals surface area contributed by atoms with Crippen LogP contribution in [0.3, 0.4) is 0 Å². The average molecular weight is 408 g/mol. The first-order chi connectivity index (χ1) is 10.2. The second-order valence-electron chi connectivity index (χ2n) is 4.41. The molecule has 0 atom stereocenters. The average Bonchev–Trinajstić information content (AvgIpc) is 2.77. The van der Waals surface area contributed by atoms with Crippen LogP contribution in [0.5, 0.6) is 0 Å². The number of aromatic nitrogens is 1. The summed E-state index contributed by atoms with van der Waals surface area (Å²) in [6, 6.07) is 5.90. The van der Waals surface area contributed by atoms with Crippen molar-refractivity contribution in [2.45, 2.75) is 11.8 Å². The maximum Gasteiger partial charge on any atom is 0.356 e. The predicted molar refractivity (Wildman–Crippen MR) is 86.8 cm³/mol. The normalized spacial score (nSPS) is 11.3. The molecule has 0 aliphatic heterocycles. The van der Waals surface area contributed by atoms with Crippen LogP contribution in [-0.4, -0.2) is 26.5 Å². The largest absolute Gasteiger partial charge is 0.464 e. The first-order valence-electron chi connectivity index (χ1n) is 6.00. The quantitative estimate of drug-likeness (QED) is 0.761. The first-order valence-corrected chi connectivity index (χ1v) is 8.66. The van der Waals surface area contributed by atoms with Crippen molar-refractivity contribution >= 4 is 49.2 Å². The van der Waals surface area contributed by atoms with E-state index in [1.54, 1.807) is 13.0 Å². The SMILES string of the molecule is COC(=O)c1[nH]c(C)cc1NS(=O)(=O)c1ccc(Br)cc1Cl. The fourth-order valence-corrected chi connectivity index (χ4v) is 3.93. The number of H-pyrrole nitrogens is 1. The zero-order valence-corrected chi connectivity index (χ0v) is 14.8. The number of ether oxygens (including phenoxy) is 1. The van der Waals surface area contributed by atoms with E-state index in [4.69, 9.17) is 11.6 Å². The van der Waals surface area contributed by atoms with Crippen LogP contribution in [0, 0.1) is 6.92 Å². The van der Waals surface area contributed by atoms with E-state index in [1.807, 2.05) is 0 Å². The van der Waals surface area contributed by atoms with E-state index in [9.17, 15) is 13.2 Å².